The van der Waals surface area contributed by atoms with Crippen molar-refractivity contribution in [1.29, 1.82) is 0 Å². The van der Waals surface area contributed by atoms with Gasteiger partial charge in [0.2, 0.25) is 0 Å². The van der Waals surface area contributed by atoms with Crippen LogP contribution in [0.15, 0.2) is 48.9 Å². The van der Waals surface area contributed by atoms with E-state index in [9.17, 15) is 9.59 Å². The number of primary amides is 1. The summed E-state index contributed by atoms with van der Waals surface area (Å²) in [6.45, 7) is 7.34. The fraction of sp³-hybridized carbons (Fsp3) is 0.240. The largest absolute Gasteiger partial charge is 0.382 e. The average Bonchev–Trinajstić information content (AvgIpc) is 3.21. The number of aromatic nitrogens is 4. The number of hydrogen-bond donors (Lipinski definition) is 3. The minimum atomic E-state index is -0.783. The van der Waals surface area contributed by atoms with Crippen molar-refractivity contribution in [2.24, 2.45) is 5.73 Å². The van der Waals surface area contributed by atoms with Gasteiger partial charge in [-0.1, -0.05) is 19.1 Å². The molecule has 5 N–H and O–H groups in total. The number of pyridine rings is 1. The van der Waals surface area contributed by atoms with Gasteiger partial charge in [-0.15, -0.1) is 0 Å². The normalized spacial score (nSPS) is 11.5. The second-order valence-corrected chi connectivity index (χ2v) is 9.19. The number of carbonyl (C=O) groups excluding carboxylic acids is 2. The molecular weight excluding hydrogens is 463 g/mol. The average molecular weight is 491 g/mol. The molecule has 4 aromatic rings. The molecule has 36 heavy (non-hydrogen) atoms. The second kappa shape index (κ2) is 9.25. The predicted octanol–water partition coefficient (Wildman–Crippen LogP) is 4.01. The first-order chi connectivity index (χ1) is 17.0. The molecule has 0 aliphatic heterocycles. The van der Waals surface area contributed by atoms with Crippen LogP contribution in [0.3, 0.4) is 0 Å². The monoisotopic (exact) mass is 490 g/mol. The SMILES string of the molecule is CCc1cccc(NC(=O)N(c2ccc(-c3c(C(N)=O)cn4ncnc(N)c34)cc2F)C(C)(C)C)n1. The van der Waals surface area contributed by atoms with Crippen molar-refractivity contribution in [2.45, 2.75) is 39.7 Å². The Morgan fingerprint density at radius 1 is 1.19 bits per heavy atom. The fourth-order valence-corrected chi connectivity index (χ4v) is 4.04. The molecule has 0 radical (unpaired) electrons. The lowest BCUT2D eigenvalue weighted by molar-refractivity contribution is 0.100. The zero-order chi connectivity index (χ0) is 26.2. The predicted molar refractivity (Wildman–Crippen MR) is 136 cm³/mol. The molecule has 0 unspecified atom stereocenters. The van der Waals surface area contributed by atoms with Gasteiger partial charge in [0.15, 0.2) is 5.82 Å². The zero-order valence-electron chi connectivity index (χ0n) is 20.4. The number of urea groups is 1. The van der Waals surface area contributed by atoms with Gasteiger partial charge in [-0.3, -0.25) is 15.0 Å². The van der Waals surface area contributed by atoms with Gasteiger partial charge in [0, 0.05) is 23.0 Å². The molecule has 0 fully saturated rings. The number of amides is 3. The third-order valence-corrected chi connectivity index (χ3v) is 5.62. The Kier molecular flexibility index (Phi) is 6.32. The van der Waals surface area contributed by atoms with Crippen molar-refractivity contribution in [3.8, 4) is 11.1 Å². The van der Waals surface area contributed by atoms with E-state index in [-0.39, 0.29) is 17.1 Å². The molecule has 3 aromatic heterocycles. The van der Waals surface area contributed by atoms with Gasteiger partial charge in [-0.05, 0) is 57.0 Å². The third kappa shape index (κ3) is 4.54. The first-order valence-corrected chi connectivity index (χ1v) is 11.3. The summed E-state index contributed by atoms with van der Waals surface area (Å²) in [4.78, 5) is 35.1. The smallest absolute Gasteiger partial charge is 0.328 e. The lowest BCUT2D eigenvalue weighted by atomic mass is 9.99. The number of carbonyl (C=O) groups is 2. The number of fused-ring (bicyclic) bond motifs is 1. The maximum atomic E-state index is 15.7. The van der Waals surface area contributed by atoms with E-state index < -0.39 is 23.3 Å². The Hall–Kier alpha value is -4.54. The molecule has 0 bridgehead atoms. The van der Waals surface area contributed by atoms with E-state index >= 15 is 4.39 Å². The molecule has 0 atom stereocenters. The summed E-state index contributed by atoms with van der Waals surface area (Å²) in [5.74, 6) is -0.933. The van der Waals surface area contributed by atoms with Gasteiger partial charge in [0.05, 0.1) is 11.3 Å². The molecule has 186 valence electrons. The molecule has 11 heteroatoms. The van der Waals surface area contributed by atoms with Crippen molar-refractivity contribution < 1.29 is 14.0 Å². The van der Waals surface area contributed by atoms with Crippen LogP contribution in [0.1, 0.15) is 43.7 Å². The van der Waals surface area contributed by atoms with Gasteiger partial charge >= 0.3 is 6.03 Å². The first-order valence-electron chi connectivity index (χ1n) is 11.3. The van der Waals surface area contributed by atoms with E-state index in [1.165, 1.54) is 34.1 Å². The Morgan fingerprint density at radius 2 is 1.94 bits per heavy atom. The van der Waals surface area contributed by atoms with Gasteiger partial charge in [0.25, 0.3) is 5.91 Å². The molecule has 0 spiro atoms. The maximum Gasteiger partial charge on any atom is 0.328 e. The molecule has 3 heterocycles. The summed E-state index contributed by atoms with van der Waals surface area (Å²) >= 11 is 0. The van der Waals surface area contributed by atoms with Crippen LogP contribution >= 0.6 is 0 Å². The van der Waals surface area contributed by atoms with Gasteiger partial charge < -0.3 is 11.5 Å². The molecule has 0 saturated heterocycles. The highest BCUT2D eigenvalue weighted by Gasteiger charge is 2.31. The Bertz CT molecular complexity index is 1470. The summed E-state index contributed by atoms with van der Waals surface area (Å²) in [6, 6.07) is 9.08. The minimum absolute atomic E-state index is 0.0451. The van der Waals surface area contributed by atoms with Crippen LogP contribution < -0.4 is 21.7 Å². The van der Waals surface area contributed by atoms with Crippen LogP contribution in [0.2, 0.25) is 0 Å². The van der Waals surface area contributed by atoms with E-state index in [1.807, 2.05) is 13.0 Å². The Labute approximate surface area is 207 Å². The maximum absolute atomic E-state index is 15.7. The molecule has 0 aliphatic carbocycles. The number of nitrogens with zero attached hydrogens (tertiary/aromatic N) is 5. The van der Waals surface area contributed by atoms with Crippen LogP contribution in [0.5, 0.6) is 0 Å². The van der Waals surface area contributed by atoms with Gasteiger partial charge in [-0.25, -0.2) is 23.7 Å². The number of nitrogen functional groups attached to an aromatic ring is 1. The molecule has 0 saturated carbocycles. The van der Waals surface area contributed by atoms with E-state index in [0.717, 1.165) is 5.69 Å². The molecule has 4 rings (SSSR count). The van der Waals surface area contributed by atoms with Crippen molar-refractivity contribution in [2.75, 3.05) is 16.0 Å². The van der Waals surface area contributed by atoms with Crippen molar-refractivity contribution >= 4 is 34.8 Å². The van der Waals surface area contributed by atoms with E-state index in [4.69, 9.17) is 11.5 Å². The molecule has 0 aliphatic rings. The fourth-order valence-electron chi connectivity index (χ4n) is 4.04. The summed E-state index contributed by atoms with van der Waals surface area (Å²) in [6.07, 6.45) is 3.37. The highest BCUT2D eigenvalue weighted by Crippen LogP contribution is 2.36. The van der Waals surface area contributed by atoms with Crippen LogP contribution in [-0.4, -0.2) is 37.1 Å². The van der Waals surface area contributed by atoms with E-state index in [0.29, 0.717) is 28.9 Å². The van der Waals surface area contributed by atoms with Gasteiger partial charge in [-0.2, -0.15) is 5.10 Å². The summed E-state index contributed by atoms with van der Waals surface area (Å²) in [5, 5.41) is 6.82. The number of hydrogen-bond acceptors (Lipinski definition) is 6. The number of nitrogens with one attached hydrogen (secondary N) is 1. The standard InChI is InChI=1S/C25H27FN8O2/c1-5-15-7-6-8-19(31-15)32-24(36)34(25(2,3)4)18-10-9-14(11-17(18)26)20-16(23(28)35)12-33-21(20)22(27)29-13-30-33/h6-13H,5H2,1-4H3,(H2,28,35)(H2,27,29,30)(H,31,32,36). The number of anilines is 3. The summed E-state index contributed by atoms with van der Waals surface area (Å²) < 4.78 is 17.0. The van der Waals surface area contributed by atoms with Crippen molar-refractivity contribution in [3.05, 3.63) is 66.0 Å². The lowest BCUT2D eigenvalue weighted by Crippen LogP contribution is -2.48. The zero-order valence-corrected chi connectivity index (χ0v) is 20.4. The number of aryl methyl sites for hydroxylation is 1. The third-order valence-electron chi connectivity index (χ3n) is 5.62. The highest BCUT2D eigenvalue weighted by molar-refractivity contribution is 6.07. The van der Waals surface area contributed by atoms with E-state index in [1.54, 1.807) is 39.0 Å². The summed E-state index contributed by atoms with van der Waals surface area (Å²) in [7, 11) is 0. The number of nitrogens with two attached hydrogens (primary N) is 2. The van der Waals surface area contributed by atoms with Crippen molar-refractivity contribution in [1.82, 2.24) is 19.6 Å². The Balaban J connectivity index is 1.78. The van der Waals surface area contributed by atoms with E-state index in [2.05, 4.69) is 20.4 Å². The topological polar surface area (TPSA) is 145 Å². The molecular formula is C25H27FN8O2. The van der Waals surface area contributed by atoms with Crippen molar-refractivity contribution in [3.63, 3.8) is 0 Å². The molecule has 3 amide bonds. The quantitative estimate of drug-likeness (QED) is 0.385. The highest BCUT2D eigenvalue weighted by atomic mass is 19.1. The first kappa shape index (κ1) is 24.6. The lowest BCUT2D eigenvalue weighted by Gasteiger charge is -2.35. The van der Waals surface area contributed by atoms with Crippen LogP contribution in [0.25, 0.3) is 16.6 Å². The Morgan fingerprint density at radius 3 is 2.58 bits per heavy atom. The van der Waals surface area contributed by atoms with Crippen LogP contribution in [0.4, 0.5) is 26.5 Å². The van der Waals surface area contributed by atoms with Crippen LogP contribution in [-0.2, 0) is 6.42 Å². The van der Waals surface area contributed by atoms with Gasteiger partial charge in [0.1, 0.15) is 23.5 Å². The second-order valence-electron chi connectivity index (χ2n) is 9.19. The summed E-state index contributed by atoms with van der Waals surface area (Å²) in [5.41, 5.74) is 12.8. The number of halogens is 1. The molecule has 1 aromatic carbocycles. The van der Waals surface area contributed by atoms with Crippen LogP contribution in [0, 0.1) is 5.82 Å². The minimum Gasteiger partial charge on any atom is -0.382 e. The number of benzene rings is 1. The molecule has 10 nitrogen and oxygen atoms in total. The number of rotatable bonds is 5.